The lowest BCUT2D eigenvalue weighted by Gasteiger charge is -2.28. The molecule has 0 spiro atoms. The number of aryl methyl sites for hydroxylation is 1. The van der Waals surface area contributed by atoms with Crippen LogP contribution in [0.15, 0.2) is 64.2 Å². The molecule has 33 heavy (non-hydrogen) atoms. The van der Waals surface area contributed by atoms with E-state index >= 15 is 0 Å². The van der Waals surface area contributed by atoms with Crippen LogP contribution in [-0.2, 0) is 4.79 Å². The summed E-state index contributed by atoms with van der Waals surface area (Å²) in [6.45, 7) is 3.43. The number of ether oxygens (including phenoxy) is 1. The minimum atomic E-state index is -0.883. The highest BCUT2D eigenvalue weighted by molar-refractivity contribution is 7.98. The van der Waals surface area contributed by atoms with Crippen molar-refractivity contribution in [1.29, 1.82) is 0 Å². The Balaban J connectivity index is 1.65. The Morgan fingerprint density at radius 3 is 2.70 bits per heavy atom. The van der Waals surface area contributed by atoms with Crippen LogP contribution in [0.3, 0.4) is 0 Å². The van der Waals surface area contributed by atoms with Crippen LogP contribution in [0.5, 0.6) is 5.88 Å². The zero-order valence-electron chi connectivity index (χ0n) is 18.1. The van der Waals surface area contributed by atoms with Crippen LogP contribution < -0.4 is 9.64 Å². The summed E-state index contributed by atoms with van der Waals surface area (Å²) >= 11 is 7.66. The average molecular weight is 479 g/mol. The molecule has 1 atom stereocenters. The van der Waals surface area contributed by atoms with Crippen molar-refractivity contribution in [1.82, 2.24) is 15.2 Å². The van der Waals surface area contributed by atoms with E-state index in [0.29, 0.717) is 38.6 Å². The highest BCUT2D eigenvalue weighted by Gasteiger charge is 2.36. The number of aromatic nitrogens is 3. The predicted molar refractivity (Wildman–Crippen MR) is 127 cm³/mol. The second kappa shape index (κ2) is 8.53. The molecule has 0 saturated heterocycles. The summed E-state index contributed by atoms with van der Waals surface area (Å²) in [6.07, 6.45) is 0.977. The van der Waals surface area contributed by atoms with Gasteiger partial charge in [0.25, 0.3) is 0 Å². The largest absolute Gasteiger partial charge is 0.455 e. The van der Waals surface area contributed by atoms with E-state index in [1.165, 1.54) is 18.7 Å². The van der Waals surface area contributed by atoms with Gasteiger partial charge in [0.05, 0.1) is 5.69 Å². The van der Waals surface area contributed by atoms with Crippen molar-refractivity contribution in [3.05, 3.63) is 70.9 Å². The smallest absolute Gasteiger partial charge is 0.247 e. The molecule has 0 radical (unpaired) electrons. The number of nitrogens with zero attached hydrogens (tertiary/aromatic N) is 4. The molecule has 1 amide bonds. The van der Waals surface area contributed by atoms with Crippen LogP contribution >= 0.6 is 23.4 Å². The quantitative estimate of drug-likeness (QED) is 0.338. The van der Waals surface area contributed by atoms with Crippen molar-refractivity contribution in [2.24, 2.45) is 0 Å². The molecule has 0 unspecified atom stereocenters. The lowest BCUT2D eigenvalue weighted by Crippen LogP contribution is -2.35. The van der Waals surface area contributed by atoms with Gasteiger partial charge in [-0.05, 0) is 43.0 Å². The Hall–Kier alpha value is -3.36. The summed E-state index contributed by atoms with van der Waals surface area (Å²) in [5, 5.41) is 9.62. The van der Waals surface area contributed by atoms with Crippen molar-refractivity contribution in [3.8, 4) is 28.5 Å². The van der Waals surface area contributed by atoms with E-state index in [4.69, 9.17) is 20.8 Å². The molecule has 166 valence electrons. The van der Waals surface area contributed by atoms with Gasteiger partial charge >= 0.3 is 0 Å². The zero-order valence-corrected chi connectivity index (χ0v) is 19.6. The lowest BCUT2D eigenvalue weighted by atomic mass is 10.1. The fourth-order valence-corrected chi connectivity index (χ4v) is 4.19. The third-order valence-corrected chi connectivity index (χ3v) is 6.31. The number of furan rings is 1. The van der Waals surface area contributed by atoms with Crippen molar-refractivity contribution < 1.29 is 13.9 Å². The molecule has 2 aromatic heterocycles. The van der Waals surface area contributed by atoms with Crippen LogP contribution in [-0.4, -0.2) is 27.3 Å². The summed E-state index contributed by atoms with van der Waals surface area (Å²) in [5.41, 5.74) is 3.61. The number of carbonyl (C=O) groups excluding carboxylic acids is 1. The standard InChI is InChI=1S/C24H19ClN4O3S/c1-13-8-9-15(12-17(13)25)19-10-11-20(31-19)23-29(14(2)30)18-7-5-4-6-16(18)21-22(32-23)26-24(33-3)28-27-21/h4-12,23H,1-3H3/t23-/m1/s1. The summed E-state index contributed by atoms with van der Waals surface area (Å²) in [5.74, 6) is 1.13. The first kappa shape index (κ1) is 21.5. The van der Waals surface area contributed by atoms with Gasteiger partial charge in [0.15, 0.2) is 11.5 Å². The molecule has 7 nitrogen and oxygen atoms in total. The van der Waals surface area contributed by atoms with Crippen LogP contribution in [0.2, 0.25) is 5.02 Å². The van der Waals surface area contributed by atoms with E-state index in [2.05, 4.69) is 15.2 Å². The molecule has 3 heterocycles. The van der Waals surface area contributed by atoms with Gasteiger partial charge in [-0.1, -0.05) is 53.7 Å². The van der Waals surface area contributed by atoms with E-state index in [1.807, 2.05) is 61.7 Å². The molecular weight excluding hydrogens is 460 g/mol. The summed E-state index contributed by atoms with van der Waals surface area (Å²) in [6, 6.07) is 16.8. The van der Waals surface area contributed by atoms with Gasteiger partial charge in [-0.3, -0.25) is 9.69 Å². The van der Waals surface area contributed by atoms with Gasteiger partial charge < -0.3 is 9.15 Å². The van der Waals surface area contributed by atoms with Gasteiger partial charge in [-0.2, -0.15) is 4.98 Å². The highest BCUT2D eigenvalue weighted by Crippen LogP contribution is 2.44. The number of rotatable bonds is 3. The molecule has 4 aromatic rings. The van der Waals surface area contributed by atoms with Crippen molar-refractivity contribution >= 4 is 35.0 Å². The van der Waals surface area contributed by atoms with Crippen molar-refractivity contribution in [2.45, 2.75) is 25.2 Å². The summed E-state index contributed by atoms with van der Waals surface area (Å²) < 4.78 is 12.5. The third-order valence-electron chi connectivity index (χ3n) is 5.36. The number of hydrogen-bond acceptors (Lipinski definition) is 7. The Morgan fingerprint density at radius 2 is 1.94 bits per heavy atom. The number of benzene rings is 2. The predicted octanol–water partition coefficient (Wildman–Crippen LogP) is 5.93. The fraction of sp³-hybridized carbons (Fsp3) is 0.167. The zero-order chi connectivity index (χ0) is 23.1. The van der Waals surface area contributed by atoms with E-state index in [1.54, 1.807) is 11.0 Å². The van der Waals surface area contributed by atoms with Crippen LogP contribution in [0.25, 0.3) is 22.6 Å². The SMILES string of the molecule is CSc1nnc2c(n1)O[C@H](c1ccc(-c3ccc(C)c(Cl)c3)o1)N(C(C)=O)c1ccccc1-2. The maximum absolute atomic E-state index is 12.9. The number of hydrogen-bond donors (Lipinski definition) is 0. The second-order valence-electron chi connectivity index (χ2n) is 7.49. The van der Waals surface area contributed by atoms with Crippen molar-refractivity contribution in [3.63, 3.8) is 0 Å². The number of fused-ring (bicyclic) bond motifs is 3. The molecule has 9 heteroatoms. The number of para-hydroxylation sites is 1. The van der Waals surface area contributed by atoms with E-state index in [0.717, 1.165) is 11.1 Å². The van der Waals surface area contributed by atoms with Crippen LogP contribution in [0, 0.1) is 6.92 Å². The molecule has 0 fully saturated rings. The Morgan fingerprint density at radius 1 is 1.12 bits per heavy atom. The normalized spacial score (nSPS) is 14.8. The maximum atomic E-state index is 12.9. The van der Waals surface area contributed by atoms with Crippen LogP contribution in [0.4, 0.5) is 5.69 Å². The monoisotopic (exact) mass is 478 g/mol. The van der Waals surface area contributed by atoms with Gasteiger partial charge in [0, 0.05) is 23.1 Å². The van der Waals surface area contributed by atoms with Crippen molar-refractivity contribution in [2.75, 3.05) is 11.2 Å². The molecule has 0 N–H and O–H groups in total. The maximum Gasteiger partial charge on any atom is 0.247 e. The molecule has 0 bridgehead atoms. The van der Waals surface area contributed by atoms with E-state index in [-0.39, 0.29) is 11.8 Å². The minimum absolute atomic E-state index is 0.213. The van der Waals surface area contributed by atoms with Gasteiger partial charge in [0.1, 0.15) is 5.76 Å². The molecule has 0 saturated carbocycles. The third kappa shape index (κ3) is 3.85. The minimum Gasteiger partial charge on any atom is -0.455 e. The van der Waals surface area contributed by atoms with E-state index in [9.17, 15) is 4.79 Å². The Bertz CT molecular complexity index is 1370. The highest BCUT2D eigenvalue weighted by atomic mass is 35.5. The fourth-order valence-electron chi connectivity index (χ4n) is 3.71. The average Bonchev–Trinajstić information content (AvgIpc) is 3.25. The molecule has 1 aliphatic heterocycles. The molecule has 0 aliphatic carbocycles. The van der Waals surface area contributed by atoms with Gasteiger partial charge in [0.2, 0.25) is 23.2 Å². The Kier molecular flexibility index (Phi) is 5.55. The Labute approximate surface area is 199 Å². The van der Waals surface area contributed by atoms with Gasteiger partial charge in [-0.25, -0.2) is 0 Å². The number of amides is 1. The topological polar surface area (TPSA) is 81.3 Å². The first-order valence-electron chi connectivity index (χ1n) is 10.2. The van der Waals surface area contributed by atoms with E-state index < -0.39 is 6.23 Å². The number of halogens is 1. The number of thioether (sulfide) groups is 1. The first-order chi connectivity index (χ1) is 16.0. The molecule has 5 rings (SSSR count). The van der Waals surface area contributed by atoms with Gasteiger partial charge in [-0.15, -0.1) is 10.2 Å². The number of carbonyl (C=O) groups is 1. The molecule has 2 aromatic carbocycles. The molecule has 1 aliphatic rings. The summed E-state index contributed by atoms with van der Waals surface area (Å²) in [7, 11) is 0. The van der Waals surface area contributed by atoms with Crippen LogP contribution in [0.1, 0.15) is 24.5 Å². The lowest BCUT2D eigenvalue weighted by molar-refractivity contribution is -0.118. The molecular formula is C24H19ClN4O3S. The second-order valence-corrected chi connectivity index (χ2v) is 8.68. The summed E-state index contributed by atoms with van der Waals surface area (Å²) in [4.78, 5) is 18.9. The first-order valence-corrected chi connectivity index (χ1v) is 11.8. The number of anilines is 1.